The van der Waals surface area contributed by atoms with Crippen LogP contribution >= 0.6 is 0 Å². The molecule has 3 heterocycles. The topological polar surface area (TPSA) is 105 Å². The lowest BCUT2D eigenvalue weighted by Gasteiger charge is -2.19. The molecule has 2 aromatic carbocycles. The van der Waals surface area contributed by atoms with Crippen molar-refractivity contribution in [2.24, 2.45) is 0 Å². The Bertz CT molecular complexity index is 1140. The van der Waals surface area contributed by atoms with Crippen molar-refractivity contribution in [1.82, 2.24) is 19.5 Å². The molecule has 8 heteroatoms. The Kier molecular flexibility index (Phi) is 5.57. The van der Waals surface area contributed by atoms with Gasteiger partial charge in [-0.1, -0.05) is 60.7 Å². The average Bonchev–Trinajstić information content (AvgIpc) is 3.37. The predicted molar refractivity (Wildman–Crippen MR) is 120 cm³/mol. The van der Waals surface area contributed by atoms with Gasteiger partial charge in [0.25, 0.3) is 0 Å². The third kappa shape index (κ3) is 3.73. The van der Waals surface area contributed by atoms with Crippen LogP contribution in [0.25, 0.3) is 11.2 Å². The van der Waals surface area contributed by atoms with Crippen LogP contribution in [0, 0.1) is 0 Å². The zero-order valence-electron chi connectivity index (χ0n) is 17.6. The van der Waals surface area contributed by atoms with E-state index in [1.54, 1.807) is 17.8 Å². The molecule has 0 aliphatic carbocycles. The van der Waals surface area contributed by atoms with Crippen molar-refractivity contribution in [1.29, 1.82) is 0 Å². The lowest BCUT2D eigenvalue weighted by Crippen LogP contribution is -2.30. The Balaban J connectivity index is 1.43. The van der Waals surface area contributed by atoms with Crippen LogP contribution in [0.5, 0.6) is 0 Å². The number of rotatable bonds is 6. The Morgan fingerprint density at radius 2 is 1.59 bits per heavy atom. The van der Waals surface area contributed by atoms with Crippen molar-refractivity contribution in [2.45, 2.75) is 37.4 Å². The largest absolute Gasteiger partial charge is 0.388 e. The molecule has 0 spiro atoms. The highest BCUT2D eigenvalue weighted by Crippen LogP contribution is 2.32. The molecule has 0 amide bonds. The fraction of sp³-hybridized carbons (Fsp3) is 0.292. The summed E-state index contributed by atoms with van der Waals surface area (Å²) in [6.45, 7) is 2.34. The van der Waals surface area contributed by atoms with Crippen molar-refractivity contribution in [3.05, 3.63) is 84.4 Å². The van der Waals surface area contributed by atoms with E-state index in [2.05, 4.69) is 44.5 Å². The van der Waals surface area contributed by atoms with Crippen LogP contribution in [0.3, 0.4) is 0 Å². The smallest absolute Gasteiger partial charge is 0.167 e. The molecule has 1 aliphatic heterocycles. The second-order valence-corrected chi connectivity index (χ2v) is 8.01. The maximum absolute atomic E-state index is 10.4. The number of ether oxygens (including phenoxy) is 1. The van der Waals surface area contributed by atoms with Gasteiger partial charge in [0, 0.05) is 12.5 Å². The van der Waals surface area contributed by atoms with E-state index in [0.717, 1.165) is 0 Å². The number of nitrogens with one attached hydrogen (secondary N) is 1. The van der Waals surface area contributed by atoms with E-state index in [9.17, 15) is 10.2 Å². The SMILES string of the molecule is C[C@H]1O[C@@H](n2cnc3c(NCC(c4ccccc4)c4ccccc4)ncnc32)C(O)C1O. The lowest BCUT2D eigenvalue weighted by atomic mass is 9.91. The van der Waals surface area contributed by atoms with E-state index in [4.69, 9.17) is 4.74 Å². The maximum atomic E-state index is 10.4. The minimum absolute atomic E-state index is 0.125. The van der Waals surface area contributed by atoms with E-state index in [0.29, 0.717) is 23.5 Å². The van der Waals surface area contributed by atoms with Gasteiger partial charge in [0.15, 0.2) is 23.2 Å². The van der Waals surface area contributed by atoms with Gasteiger partial charge in [-0.05, 0) is 18.1 Å². The Morgan fingerprint density at radius 1 is 0.938 bits per heavy atom. The Morgan fingerprint density at radius 3 is 2.19 bits per heavy atom. The Labute approximate surface area is 185 Å². The molecule has 0 bridgehead atoms. The number of benzene rings is 2. The van der Waals surface area contributed by atoms with E-state index in [1.807, 2.05) is 36.4 Å². The van der Waals surface area contributed by atoms with E-state index in [-0.39, 0.29) is 5.92 Å². The molecular weight excluding hydrogens is 406 g/mol. The average molecular weight is 431 g/mol. The first-order valence-electron chi connectivity index (χ1n) is 10.7. The van der Waals surface area contributed by atoms with Crippen molar-refractivity contribution < 1.29 is 14.9 Å². The summed E-state index contributed by atoms with van der Waals surface area (Å²) in [6, 6.07) is 20.7. The van der Waals surface area contributed by atoms with Crippen LogP contribution in [0.2, 0.25) is 0 Å². The molecule has 4 atom stereocenters. The highest BCUT2D eigenvalue weighted by Gasteiger charge is 2.42. The number of aliphatic hydroxyl groups is 2. The summed E-state index contributed by atoms with van der Waals surface area (Å²) in [5, 5.41) is 23.9. The molecule has 164 valence electrons. The lowest BCUT2D eigenvalue weighted by molar-refractivity contribution is -0.0299. The third-order valence-electron chi connectivity index (χ3n) is 5.99. The highest BCUT2D eigenvalue weighted by atomic mass is 16.6. The minimum atomic E-state index is -1.06. The number of imidazole rings is 1. The first-order valence-corrected chi connectivity index (χ1v) is 10.7. The first kappa shape index (κ1) is 20.6. The summed E-state index contributed by atoms with van der Waals surface area (Å²) >= 11 is 0. The number of anilines is 1. The van der Waals surface area contributed by atoms with Gasteiger partial charge in [-0.15, -0.1) is 0 Å². The van der Waals surface area contributed by atoms with Crippen LogP contribution in [0.4, 0.5) is 5.82 Å². The molecule has 0 radical (unpaired) electrons. The van der Waals surface area contributed by atoms with Crippen molar-refractivity contribution in [3.63, 3.8) is 0 Å². The molecule has 2 unspecified atom stereocenters. The summed E-state index contributed by atoms with van der Waals surface area (Å²) in [6.07, 6.45) is -0.235. The molecule has 5 rings (SSSR count). The molecule has 1 aliphatic rings. The van der Waals surface area contributed by atoms with Crippen LogP contribution in [-0.2, 0) is 4.74 Å². The molecule has 2 aromatic heterocycles. The molecule has 8 nitrogen and oxygen atoms in total. The van der Waals surface area contributed by atoms with Gasteiger partial charge in [-0.25, -0.2) is 15.0 Å². The summed E-state index contributed by atoms with van der Waals surface area (Å²) in [5.74, 6) is 0.729. The summed E-state index contributed by atoms with van der Waals surface area (Å²) in [4.78, 5) is 13.2. The third-order valence-corrected chi connectivity index (χ3v) is 5.99. The summed E-state index contributed by atoms with van der Waals surface area (Å²) < 4.78 is 7.38. The normalized spacial score (nSPS) is 23.1. The first-order chi connectivity index (χ1) is 15.6. The van der Waals surface area contributed by atoms with Crippen LogP contribution in [-0.4, -0.2) is 54.6 Å². The van der Waals surface area contributed by atoms with Gasteiger partial charge in [0.05, 0.1) is 12.4 Å². The van der Waals surface area contributed by atoms with Crippen molar-refractivity contribution in [3.8, 4) is 0 Å². The molecule has 1 fully saturated rings. The number of hydrogen-bond acceptors (Lipinski definition) is 7. The number of fused-ring (bicyclic) bond motifs is 1. The zero-order valence-corrected chi connectivity index (χ0v) is 17.6. The van der Waals surface area contributed by atoms with E-state index >= 15 is 0 Å². The molecule has 1 saturated heterocycles. The predicted octanol–water partition coefficient (Wildman–Crippen LogP) is 2.71. The summed E-state index contributed by atoms with van der Waals surface area (Å²) in [7, 11) is 0. The zero-order chi connectivity index (χ0) is 22.1. The maximum Gasteiger partial charge on any atom is 0.167 e. The van der Waals surface area contributed by atoms with Crippen LogP contribution < -0.4 is 5.32 Å². The van der Waals surface area contributed by atoms with Gasteiger partial charge in [-0.3, -0.25) is 4.57 Å². The van der Waals surface area contributed by atoms with Gasteiger partial charge in [-0.2, -0.15) is 0 Å². The van der Waals surface area contributed by atoms with Crippen molar-refractivity contribution >= 4 is 17.0 Å². The van der Waals surface area contributed by atoms with Crippen LogP contribution in [0.15, 0.2) is 73.3 Å². The van der Waals surface area contributed by atoms with Gasteiger partial charge in [0.1, 0.15) is 18.5 Å². The molecule has 0 saturated carbocycles. The monoisotopic (exact) mass is 431 g/mol. The van der Waals surface area contributed by atoms with Crippen molar-refractivity contribution in [2.75, 3.05) is 11.9 Å². The number of aromatic nitrogens is 4. The second-order valence-electron chi connectivity index (χ2n) is 8.01. The molecule has 4 aromatic rings. The molecule has 3 N–H and O–H groups in total. The van der Waals surface area contributed by atoms with Gasteiger partial charge < -0.3 is 20.3 Å². The van der Waals surface area contributed by atoms with E-state index < -0.39 is 24.5 Å². The minimum Gasteiger partial charge on any atom is -0.388 e. The molecular formula is C24H25N5O3. The van der Waals surface area contributed by atoms with Gasteiger partial charge in [0.2, 0.25) is 0 Å². The fourth-order valence-corrected chi connectivity index (χ4v) is 4.22. The standard InChI is InChI=1S/C24H25N5O3/c1-15-20(30)21(31)24(32-15)29-14-28-19-22(26-13-27-23(19)29)25-12-18(16-8-4-2-5-9-16)17-10-6-3-7-11-17/h2-11,13-15,18,20-21,24,30-31H,12H2,1H3,(H,25,26,27)/t15-,20?,21?,24-/m1/s1. The van der Waals surface area contributed by atoms with Gasteiger partial charge >= 0.3 is 0 Å². The molecule has 32 heavy (non-hydrogen) atoms. The van der Waals surface area contributed by atoms with Crippen LogP contribution in [0.1, 0.15) is 30.2 Å². The quantitative estimate of drug-likeness (QED) is 0.431. The highest BCUT2D eigenvalue weighted by molar-refractivity contribution is 5.82. The fourth-order valence-electron chi connectivity index (χ4n) is 4.22. The number of hydrogen-bond donors (Lipinski definition) is 3. The van der Waals surface area contributed by atoms with E-state index in [1.165, 1.54) is 17.5 Å². The second kappa shape index (κ2) is 8.66. The number of aliphatic hydroxyl groups excluding tert-OH is 2. The number of nitrogens with zero attached hydrogens (tertiary/aromatic N) is 4. The Hall–Kier alpha value is -3.33. The summed E-state index contributed by atoms with van der Waals surface area (Å²) in [5.41, 5.74) is 3.51.